The van der Waals surface area contributed by atoms with Crippen molar-refractivity contribution in [3.63, 3.8) is 0 Å². The van der Waals surface area contributed by atoms with Crippen LogP contribution in [0.4, 0.5) is 19.3 Å². The molecule has 3 aromatic rings. The summed E-state index contributed by atoms with van der Waals surface area (Å²) in [5, 5.41) is 8.99. The number of hydrogen-bond acceptors (Lipinski definition) is 4. The van der Waals surface area contributed by atoms with Crippen molar-refractivity contribution in [2.45, 2.75) is 26.0 Å². The van der Waals surface area contributed by atoms with Crippen LogP contribution >= 0.6 is 0 Å². The molecule has 0 amide bonds. The number of carboxylic acid groups (broad SMARTS) is 1. The van der Waals surface area contributed by atoms with Crippen LogP contribution in [0.3, 0.4) is 0 Å². The largest absolute Gasteiger partial charge is 0.511 e. The van der Waals surface area contributed by atoms with E-state index in [4.69, 9.17) is 14.6 Å². The Bertz CT molecular complexity index is 1100. The molecular formula is C24H21F2NO4. The van der Waals surface area contributed by atoms with Crippen molar-refractivity contribution >= 4 is 11.8 Å². The van der Waals surface area contributed by atoms with Crippen molar-refractivity contribution in [2.75, 3.05) is 11.4 Å². The minimum Gasteiger partial charge on any atom is -0.488 e. The van der Waals surface area contributed by atoms with Crippen molar-refractivity contribution in [3.8, 4) is 11.5 Å². The van der Waals surface area contributed by atoms with Crippen LogP contribution in [-0.2, 0) is 19.6 Å². The number of anilines is 1. The van der Waals surface area contributed by atoms with Gasteiger partial charge >= 0.3 is 6.16 Å². The summed E-state index contributed by atoms with van der Waals surface area (Å²) in [6, 6.07) is 16.3. The zero-order valence-corrected chi connectivity index (χ0v) is 16.7. The fraction of sp³-hybridized carbons (Fsp3) is 0.208. The zero-order valence-electron chi connectivity index (χ0n) is 16.7. The molecule has 1 heterocycles. The van der Waals surface area contributed by atoms with Crippen LogP contribution in [0.15, 0.2) is 60.7 Å². The normalized spacial score (nSPS) is 12.9. The Morgan fingerprint density at radius 3 is 2.61 bits per heavy atom. The summed E-state index contributed by atoms with van der Waals surface area (Å²) in [6.07, 6.45) is 0.256. The van der Waals surface area contributed by atoms with Crippen LogP contribution in [0.25, 0.3) is 0 Å². The molecule has 160 valence electrons. The smallest absolute Gasteiger partial charge is 0.488 e. The Kier molecular flexibility index (Phi) is 6.02. The maximum atomic E-state index is 13.9. The molecule has 0 radical (unpaired) electrons. The number of rotatable bonds is 6. The molecule has 5 nitrogen and oxygen atoms in total. The van der Waals surface area contributed by atoms with E-state index in [0.717, 1.165) is 42.3 Å². The third kappa shape index (κ3) is 4.77. The number of carbonyl (C=O) groups is 1. The number of benzene rings is 3. The van der Waals surface area contributed by atoms with E-state index >= 15 is 0 Å². The molecule has 7 heteroatoms. The topological polar surface area (TPSA) is 59.0 Å². The lowest BCUT2D eigenvalue weighted by molar-refractivity contribution is 0.144. The van der Waals surface area contributed by atoms with Gasteiger partial charge in [0.05, 0.1) is 0 Å². The molecule has 0 fully saturated rings. The van der Waals surface area contributed by atoms with Gasteiger partial charge in [0.15, 0.2) is 0 Å². The van der Waals surface area contributed by atoms with Gasteiger partial charge < -0.3 is 19.5 Å². The first kappa shape index (κ1) is 20.7. The average molecular weight is 425 g/mol. The molecule has 3 aromatic carbocycles. The van der Waals surface area contributed by atoms with Crippen LogP contribution < -0.4 is 14.4 Å². The number of nitrogens with zero attached hydrogens (tertiary/aromatic N) is 1. The van der Waals surface area contributed by atoms with Crippen LogP contribution in [-0.4, -0.2) is 17.8 Å². The van der Waals surface area contributed by atoms with Gasteiger partial charge in [-0.3, -0.25) is 0 Å². The highest BCUT2D eigenvalue weighted by Crippen LogP contribution is 2.36. The standard InChI is InChI=1S/C24H21F2NO4/c25-18-11-10-17(20(26)13-18)15-30-22-8-2-1-5-16(22)14-27-12-4-6-19-21(27)7-3-9-23(19)31-24(28)29/h1-3,5,7-11,13H,4,6,12,14-15H2,(H,28,29). The number of halogens is 2. The molecule has 0 aromatic heterocycles. The molecular weight excluding hydrogens is 404 g/mol. The monoisotopic (exact) mass is 425 g/mol. The molecule has 1 aliphatic rings. The Morgan fingerprint density at radius 2 is 1.81 bits per heavy atom. The predicted molar refractivity (Wildman–Crippen MR) is 112 cm³/mol. The number of ether oxygens (including phenoxy) is 2. The minimum absolute atomic E-state index is 0.0175. The van der Waals surface area contributed by atoms with Crippen molar-refractivity contribution in [3.05, 3.63) is 89.0 Å². The molecule has 0 bridgehead atoms. The number of fused-ring (bicyclic) bond motifs is 1. The van der Waals surface area contributed by atoms with Gasteiger partial charge in [0.2, 0.25) is 0 Å². The van der Waals surface area contributed by atoms with Gasteiger partial charge in [-0.1, -0.05) is 24.3 Å². The van der Waals surface area contributed by atoms with Gasteiger partial charge in [0.1, 0.15) is 29.7 Å². The van der Waals surface area contributed by atoms with E-state index in [1.165, 1.54) is 12.1 Å². The van der Waals surface area contributed by atoms with Crippen LogP contribution in [0.2, 0.25) is 0 Å². The van der Waals surface area contributed by atoms with Crippen molar-refractivity contribution in [1.29, 1.82) is 0 Å². The maximum absolute atomic E-state index is 13.9. The van der Waals surface area contributed by atoms with Crippen molar-refractivity contribution < 1.29 is 28.2 Å². The SMILES string of the molecule is O=C(O)Oc1cccc2c1CCCN2Cc1ccccc1OCc1ccc(F)cc1F. The zero-order chi connectivity index (χ0) is 21.8. The van der Waals surface area contributed by atoms with E-state index in [-0.39, 0.29) is 12.2 Å². The fourth-order valence-corrected chi connectivity index (χ4v) is 3.80. The lowest BCUT2D eigenvalue weighted by Gasteiger charge is -2.32. The summed E-state index contributed by atoms with van der Waals surface area (Å²) in [5.74, 6) is -0.313. The Labute approximate surface area is 178 Å². The lowest BCUT2D eigenvalue weighted by Crippen LogP contribution is -2.29. The fourth-order valence-electron chi connectivity index (χ4n) is 3.80. The van der Waals surface area contributed by atoms with E-state index in [0.29, 0.717) is 18.0 Å². The number of para-hydroxylation sites is 1. The summed E-state index contributed by atoms with van der Waals surface area (Å²) in [5.41, 5.74) is 2.96. The third-order valence-corrected chi connectivity index (χ3v) is 5.23. The molecule has 0 saturated carbocycles. The predicted octanol–water partition coefficient (Wildman–Crippen LogP) is 5.55. The van der Waals surface area contributed by atoms with Gasteiger partial charge in [0, 0.05) is 41.5 Å². The Morgan fingerprint density at radius 1 is 1.00 bits per heavy atom. The quantitative estimate of drug-likeness (QED) is 0.414. The van der Waals surface area contributed by atoms with Crippen LogP contribution in [0.5, 0.6) is 11.5 Å². The van der Waals surface area contributed by atoms with Crippen LogP contribution in [0, 0.1) is 11.6 Å². The van der Waals surface area contributed by atoms with Gasteiger partial charge in [0.25, 0.3) is 0 Å². The van der Waals surface area contributed by atoms with E-state index in [2.05, 4.69) is 4.90 Å². The maximum Gasteiger partial charge on any atom is 0.511 e. The molecule has 0 spiro atoms. The van der Waals surface area contributed by atoms with E-state index < -0.39 is 17.8 Å². The van der Waals surface area contributed by atoms with Gasteiger partial charge in [-0.05, 0) is 43.2 Å². The molecule has 4 rings (SSSR count). The summed E-state index contributed by atoms with van der Waals surface area (Å²) >= 11 is 0. The Hall–Kier alpha value is -3.61. The van der Waals surface area contributed by atoms with Gasteiger partial charge in [-0.15, -0.1) is 0 Å². The highest BCUT2D eigenvalue weighted by atomic mass is 19.1. The average Bonchev–Trinajstić information content (AvgIpc) is 2.74. The lowest BCUT2D eigenvalue weighted by atomic mass is 10.00. The molecule has 1 N–H and O–H groups in total. The van der Waals surface area contributed by atoms with E-state index in [1.807, 2.05) is 30.3 Å². The minimum atomic E-state index is -1.34. The third-order valence-electron chi connectivity index (χ3n) is 5.23. The molecule has 31 heavy (non-hydrogen) atoms. The summed E-state index contributed by atoms with van der Waals surface area (Å²) in [4.78, 5) is 13.2. The highest BCUT2D eigenvalue weighted by molar-refractivity contribution is 5.67. The first-order valence-corrected chi connectivity index (χ1v) is 9.93. The second-order valence-electron chi connectivity index (χ2n) is 7.28. The second kappa shape index (κ2) is 9.04. The summed E-state index contributed by atoms with van der Waals surface area (Å²) in [7, 11) is 0. The molecule has 0 atom stereocenters. The first-order chi connectivity index (χ1) is 15.0. The number of hydrogen-bond donors (Lipinski definition) is 1. The second-order valence-corrected chi connectivity index (χ2v) is 7.28. The molecule has 1 aliphatic heterocycles. The molecule has 0 unspecified atom stereocenters. The van der Waals surface area contributed by atoms with Gasteiger partial charge in [-0.25, -0.2) is 13.6 Å². The van der Waals surface area contributed by atoms with Gasteiger partial charge in [-0.2, -0.15) is 0 Å². The summed E-state index contributed by atoms with van der Waals surface area (Å²) in [6.45, 7) is 1.31. The van der Waals surface area contributed by atoms with E-state index in [9.17, 15) is 13.6 Å². The molecule has 0 saturated heterocycles. The van der Waals surface area contributed by atoms with Crippen molar-refractivity contribution in [1.82, 2.24) is 0 Å². The van der Waals surface area contributed by atoms with Crippen molar-refractivity contribution in [2.24, 2.45) is 0 Å². The summed E-state index contributed by atoms with van der Waals surface area (Å²) < 4.78 is 37.9. The first-order valence-electron chi connectivity index (χ1n) is 9.93. The Balaban J connectivity index is 1.54. The highest BCUT2D eigenvalue weighted by Gasteiger charge is 2.22. The van der Waals surface area contributed by atoms with Crippen LogP contribution in [0.1, 0.15) is 23.1 Å². The molecule has 0 aliphatic carbocycles. The van der Waals surface area contributed by atoms with E-state index in [1.54, 1.807) is 12.1 Å².